The standard InChI is InChI=1S/C33H27NO/c1-2-10-32-30(29-15-6-7-18-33(29)35-32)16-9-17-31(34)26-21-19-25(20-22-26)28-14-8-13-27(23-28)24-11-4-3-5-12-24/h2-23H,34H2,1H3/b10-2+,16-9-,31-17-. The molecule has 0 atom stereocenters. The summed E-state index contributed by atoms with van der Waals surface area (Å²) in [6.07, 6.45) is 9.94. The van der Waals surface area contributed by atoms with Crippen molar-refractivity contribution in [3.8, 4) is 22.3 Å². The molecule has 2 nitrogen and oxygen atoms in total. The van der Waals surface area contributed by atoms with Crippen LogP contribution in [0, 0.1) is 0 Å². The third-order valence-electron chi connectivity index (χ3n) is 6.04. The summed E-state index contributed by atoms with van der Waals surface area (Å²) in [5.41, 5.74) is 14.8. The first kappa shape index (κ1) is 22.2. The lowest BCUT2D eigenvalue weighted by Crippen LogP contribution is -1.95. The highest BCUT2D eigenvalue weighted by Crippen LogP contribution is 2.29. The van der Waals surface area contributed by atoms with E-state index in [1.807, 2.05) is 55.5 Å². The molecule has 0 radical (unpaired) electrons. The molecule has 0 aliphatic rings. The zero-order chi connectivity index (χ0) is 24.0. The Kier molecular flexibility index (Phi) is 6.45. The molecule has 1 aromatic heterocycles. The summed E-state index contributed by atoms with van der Waals surface area (Å²) in [4.78, 5) is 0. The molecule has 4 aromatic carbocycles. The molecule has 0 bridgehead atoms. The third kappa shape index (κ3) is 4.87. The highest BCUT2D eigenvalue weighted by atomic mass is 16.3. The Bertz CT molecular complexity index is 1530. The number of hydrogen-bond donors (Lipinski definition) is 1. The van der Waals surface area contributed by atoms with Gasteiger partial charge in [-0.15, -0.1) is 0 Å². The van der Waals surface area contributed by atoms with Crippen LogP contribution in [0.15, 0.2) is 126 Å². The molecule has 35 heavy (non-hydrogen) atoms. The average molecular weight is 454 g/mol. The number of rotatable bonds is 6. The molecule has 2 heteroatoms. The molecule has 0 aliphatic heterocycles. The number of hydrogen-bond acceptors (Lipinski definition) is 2. The quantitative estimate of drug-likeness (QED) is 0.261. The number of allylic oxidation sites excluding steroid dienone is 3. The van der Waals surface area contributed by atoms with Crippen LogP contribution >= 0.6 is 0 Å². The molecule has 0 saturated carbocycles. The van der Waals surface area contributed by atoms with Gasteiger partial charge in [-0.05, 0) is 59.0 Å². The van der Waals surface area contributed by atoms with Gasteiger partial charge in [-0.2, -0.15) is 0 Å². The number of benzene rings is 4. The van der Waals surface area contributed by atoms with E-state index in [1.165, 1.54) is 16.7 Å². The van der Waals surface area contributed by atoms with E-state index in [1.54, 1.807) is 0 Å². The lowest BCUT2D eigenvalue weighted by atomic mass is 9.98. The van der Waals surface area contributed by atoms with Crippen LogP contribution in [0.3, 0.4) is 0 Å². The first-order valence-electron chi connectivity index (χ1n) is 11.8. The fraction of sp³-hybridized carbons (Fsp3) is 0.0303. The maximum Gasteiger partial charge on any atom is 0.135 e. The van der Waals surface area contributed by atoms with E-state index in [2.05, 4.69) is 84.9 Å². The molecule has 0 fully saturated rings. The highest BCUT2D eigenvalue weighted by molar-refractivity contribution is 5.91. The Morgan fingerprint density at radius 2 is 1.34 bits per heavy atom. The van der Waals surface area contributed by atoms with Crippen molar-refractivity contribution in [3.63, 3.8) is 0 Å². The first-order chi connectivity index (χ1) is 17.2. The van der Waals surface area contributed by atoms with Gasteiger partial charge in [0.05, 0.1) is 0 Å². The summed E-state index contributed by atoms with van der Waals surface area (Å²) in [6.45, 7) is 1.99. The summed E-state index contributed by atoms with van der Waals surface area (Å²) >= 11 is 0. The molecular formula is C33H27NO. The largest absolute Gasteiger partial charge is 0.456 e. The SMILES string of the molecule is C/C=C/c1oc2ccccc2c1/C=C\C=C(/N)c1ccc(-c2cccc(-c3ccccc3)c2)cc1. The van der Waals surface area contributed by atoms with E-state index >= 15 is 0 Å². The Morgan fingerprint density at radius 3 is 2.09 bits per heavy atom. The number of nitrogens with two attached hydrogens (primary N) is 1. The van der Waals surface area contributed by atoms with Gasteiger partial charge in [0.1, 0.15) is 11.3 Å². The number of para-hydroxylation sites is 1. The van der Waals surface area contributed by atoms with E-state index in [4.69, 9.17) is 10.2 Å². The molecule has 0 aliphatic carbocycles. The van der Waals surface area contributed by atoms with E-state index < -0.39 is 0 Å². The van der Waals surface area contributed by atoms with Crippen molar-refractivity contribution in [1.29, 1.82) is 0 Å². The molecule has 0 spiro atoms. The highest BCUT2D eigenvalue weighted by Gasteiger charge is 2.08. The third-order valence-corrected chi connectivity index (χ3v) is 6.04. The Hall–Kier alpha value is -4.56. The smallest absolute Gasteiger partial charge is 0.135 e. The first-order valence-corrected chi connectivity index (χ1v) is 11.8. The summed E-state index contributed by atoms with van der Waals surface area (Å²) < 4.78 is 5.98. The van der Waals surface area contributed by atoms with E-state index in [9.17, 15) is 0 Å². The lowest BCUT2D eigenvalue weighted by molar-refractivity contribution is 0.603. The summed E-state index contributed by atoms with van der Waals surface area (Å²) in [5.74, 6) is 0.846. The topological polar surface area (TPSA) is 39.2 Å². The van der Waals surface area contributed by atoms with Crippen LogP contribution in [0.4, 0.5) is 0 Å². The minimum Gasteiger partial charge on any atom is -0.456 e. The molecular weight excluding hydrogens is 426 g/mol. The zero-order valence-electron chi connectivity index (χ0n) is 19.7. The van der Waals surface area contributed by atoms with Crippen LogP contribution < -0.4 is 5.73 Å². The van der Waals surface area contributed by atoms with E-state index in [0.29, 0.717) is 5.70 Å². The minimum absolute atomic E-state index is 0.714. The predicted octanol–water partition coefficient (Wildman–Crippen LogP) is 8.81. The minimum atomic E-state index is 0.714. The van der Waals surface area contributed by atoms with Gasteiger partial charge in [0, 0.05) is 16.6 Å². The number of furan rings is 1. The number of fused-ring (bicyclic) bond motifs is 1. The van der Waals surface area contributed by atoms with E-state index in [0.717, 1.165) is 33.4 Å². The maximum atomic E-state index is 6.41. The van der Waals surface area contributed by atoms with Crippen molar-refractivity contribution in [3.05, 3.63) is 138 Å². The Balaban J connectivity index is 1.37. The second-order valence-corrected chi connectivity index (χ2v) is 8.38. The van der Waals surface area contributed by atoms with Crippen molar-refractivity contribution < 1.29 is 4.42 Å². The Labute approximate surface area is 206 Å². The summed E-state index contributed by atoms with van der Waals surface area (Å²) in [5, 5.41) is 1.09. The van der Waals surface area contributed by atoms with Crippen molar-refractivity contribution in [2.24, 2.45) is 5.73 Å². The maximum absolute atomic E-state index is 6.41. The lowest BCUT2D eigenvalue weighted by Gasteiger charge is -2.07. The second kappa shape index (κ2) is 10.1. The molecule has 0 amide bonds. The molecule has 0 saturated heterocycles. The molecule has 170 valence electrons. The van der Waals surface area contributed by atoms with Gasteiger partial charge in [-0.25, -0.2) is 0 Å². The molecule has 5 rings (SSSR count). The van der Waals surface area contributed by atoms with Gasteiger partial charge in [-0.1, -0.05) is 109 Å². The molecule has 2 N–H and O–H groups in total. The fourth-order valence-electron chi connectivity index (χ4n) is 4.24. The van der Waals surface area contributed by atoms with Crippen LogP contribution in [0.25, 0.3) is 51.1 Å². The van der Waals surface area contributed by atoms with Crippen LogP contribution in [0.2, 0.25) is 0 Å². The second-order valence-electron chi connectivity index (χ2n) is 8.38. The van der Waals surface area contributed by atoms with Crippen molar-refractivity contribution in [2.75, 3.05) is 0 Å². The fourth-order valence-corrected chi connectivity index (χ4v) is 4.24. The van der Waals surface area contributed by atoms with Crippen molar-refractivity contribution in [2.45, 2.75) is 6.92 Å². The van der Waals surface area contributed by atoms with E-state index in [-0.39, 0.29) is 0 Å². The van der Waals surface area contributed by atoms with Gasteiger partial charge >= 0.3 is 0 Å². The molecule has 0 unspecified atom stereocenters. The Morgan fingerprint density at radius 1 is 0.686 bits per heavy atom. The van der Waals surface area contributed by atoms with Crippen LogP contribution in [0.1, 0.15) is 23.8 Å². The summed E-state index contributed by atoms with van der Waals surface area (Å²) in [7, 11) is 0. The van der Waals surface area contributed by atoms with Gasteiger partial charge in [0.25, 0.3) is 0 Å². The normalized spacial score (nSPS) is 12.2. The zero-order valence-corrected chi connectivity index (χ0v) is 19.7. The van der Waals surface area contributed by atoms with Gasteiger partial charge < -0.3 is 10.2 Å². The van der Waals surface area contributed by atoms with Gasteiger partial charge in [0.15, 0.2) is 0 Å². The monoisotopic (exact) mass is 453 g/mol. The van der Waals surface area contributed by atoms with Gasteiger partial charge in [0.2, 0.25) is 0 Å². The summed E-state index contributed by atoms with van der Waals surface area (Å²) in [6, 6.07) is 35.5. The van der Waals surface area contributed by atoms with Crippen LogP contribution in [-0.4, -0.2) is 0 Å². The van der Waals surface area contributed by atoms with Gasteiger partial charge in [-0.3, -0.25) is 0 Å². The van der Waals surface area contributed by atoms with Crippen molar-refractivity contribution >= 4 is 28.8 Å². The van der Waals surface area contributed by atoms with Crippen molar-refractivity contribution in [1.82, 2.24) is 0 Å². The predicted molar refractivity (Wildman–Crippen MR) is 149 cm³/mol. The molecule has 1 heterocycles. The molecule has 5 aromatic rings. The van der Waals surface area contributed by atoms with Crippen LogP contribution in [-0.2, 0) is 0 Å². The van der Waals surface area contributed by atoms with Crippen LogP contribution in [0.5, 0.6) is 0 Å². The average Bonchev–Trinajstić information content (AvgIpc) is 3.26.